The maximum atomic E-state index is 12.5. The molecule has 2 aromatic rings. The normalized spacial score (nSPS) is 10.4. The van der Waals surface area contributed by atoms with Crippen LogP contribution in [0, 0.1) is 0 Å². The zero-order chi connectivity index (χ0) is 17.0. The van der Waals surface area contributed by atoms with Crippen molar-refractivity contribution in [2.24, 2.45) is 0 Å². The third-order valence-corrected chi connectivity index (χ3v) is 3.50. The number of ether oxygens (including phenoxy) is 1. The van der Waals surface area contributed by atoms with Gasteiger partial charge < -0.3 is 15.2 Å². The largest absolute Gasteiger partial charge is 0.496 e. The van der Waals surface area contributed by atoms with E-state index in [0.717, 1.165) is 5.56 Å². The molecule has 5 heteroatoms. The molecular weight excluding hydrogens is 294 g/mol. The molecule has 0 aliphatic carbocycles. The molecule has 2 rings (SSSR count). The minimum Gasteiger partial charge on any atom is -0.496 e. The Morgan fingerprint density at radius 2 is 1.87 bits per heavy atom. The van der Waals surface area contributed by atoms with Crippen LogP contribution in [-0.2, 0) is 0 Å². The van der Waals surface area contributed by atoms with Crippen molar-refractivity contribution in [1.82, 2.24) is 0 Å². The number of amides is 1. The second-order valence-electron chi connectivity index (χ2n) is 5.45. The molecule has 0 spiro atoms. The number of rotatable bonds is 5. The van der Waals surface area contributed by atoms with Crippen LogP contribution in [0.3, 0.4) is 0 Å². The maximum Gasteiger partial charge on any atom is 0.335 e. The van der Waals surface area contributed by atoms with Gasteiger partial charge >= 0.3 is 5.97 Å². The number of hydrogen-bond donors (Lipinski definition) is 2. The summed E-state index contributed by atoms with van der Waals surface area (Å²) >= 11 is 0. The Balaban J connectivity index is 2.31. The molecule has 2 aromatic carbocycles. The van der Waals surface area contributed by atoms with Crippen LogP contribution in [0.2, 0.25) is 0 Å². The van der Waals surface area contributed by atoms with Crippen molar-refractivity contribution in [1.29, 1.82) is 0 Å². The van der Waals surface area contributed by atoms with Gasteiger partial charge in [0.2, 0.25) is 0 Å². The Morgan fingerprint density at radius 3 is 2.48 bits per heavy atom. The Morgan fingerprint density at radius 1 is 1.13 bits per heavy atom. The lowest BCUT2D eigenvalue weighted by molar-refractivity contribution is 0.0696. The smallest absolute Gasteiger partial charge is 0.335 e. The number of carbonyl (C=O) groups is 2. The Hall–Kier alpha value is -2.82. The number of carboxylic acid groups (broad SMARTS) is 1. The van der Waals surface area contributed by atoms with Crippen LogP contribution in [0.1, 0.15) is 46.0 Å². The number of methoxy groups -OCH3 is 1. The van der Waals surface area contributed by atoms with Crippen LogP contribution < -0.4 is 10.1 Å². The summed E-state index contributed by atoms with van der Waals surface area (Å²) in [5.74, 6) is -0.628. The third-order valence-electron chi connectivity index (χ3n) is 3.50. The van der Waals surface area contributed by atoms with Crippen molar-refractivity contribution in [2.45, 2.75) is 19.8 Å². The maximum absolute atomic E-state index is 12.5. The molecule has 0 aromatic heterocycles. The van der Waals surface area contributed by atoms with Crippen molar-refractivity contribution < 1.29 is 19.4 Å². The van der Waals surface area contributed by atoms with Crippen LogP contribution in [0.25, 0.3) is 0 Å². The third kappa shape index (κ3) is 3.88. The number of aromatic carboxylic acids is 1. The number of hydrogen-bond acceptors (Lipinski definition) is 3. The highest BCUT2D eigenvalue weighted by atomic mass is 16.5. The molecular formula is C18H19NO4. The molecule has 0 aliphatic heterocycles. The first-order chi connectivity index (χ1) is 10.9. The van der Waals surface area contributed by atoms with E-state index in [1.807, 2.05) is 19.9 Å². The average Bonchev–Trinajstić information content (AvgIpc) is 2.54. The lowest BCUT2D eigenvalue weighted by Crippen LogP contribution is -2.14. The van der Waals surface area contributed by atoms with Crippen LogP contribution in [-0.4, -0.2) is 24.1 Å². The first-order valence-corrected chi connectivity index (χ1v) is 7.25. The number of carbonyl (C=O) groups excluding carboxylic acids is 1. The summed E-state index contributed by atoms with van der Waals surface area (Å²) in [5, 5.41) is 11.7. The average molecular weight is 313 g/mol. The fraction of sp³-hybridized carbons (Fsp3) is 0.222. The predicted octanol–water partition coefficient (Wildman–Crippen LogP) is 3.77. The first-order valence-electron chi connectivity index (χ1n) is 7.25. The van der Waals surface area contributed by atoms with Crippen LogP contribution >= 0.6 is 0 Å². The van der Waals surface area contributed by atoms with Crippen LogP contribution in [0.4, 0.5) is 5.69 Å². The topological polar surface area (TPSA) is 75.6 Å². The van der Waals surface area contributed by atoms with Gasteiger partial charge in [0.05, 0.1) is 18.2 Å². The highest BCUT2D eigenvalue weighted by Crippen LogP contribution is 2.25. The molecule has 0 bridgehead atoms. The summed E-state index contributed by atoms with van der Waals surface area (Å²) in [4.78, 5) is 23.5. The number of nitrogens with one attached hydrogen (secondary N) is 1. The zero-order valence-corrected chi connectivity index (χ0v) is 13.3. The van der Waals surface area contributed by atoms with Gasteiger partial charge in [0.25, 0.3) is 5.91 Å². The van der Waals surface area contributed by atoms with Gasteiger partial charge in [0, 0.05) is 5.69 Å². The Bertz CT molecular complexity index is 738. The molecule has 0 saturated carbocycles. The van der Waals surface area contributed by atoms with E-state index in [9.17, 15) is 9.59 Å². The molecule has 2 N–H and O–H groups in total. The summed E-state index contributed by atoms with van der Waals surface area (Å²) in [6.45, 7) is 4.08. The van der Waals surface area contributed by atoms with Crippen LogP contribution in [0.5, 0.6) is 5.75 Å². The van der Waals surface area contributed by atoms with Gasteiger partial charge in [-0.15, -0.1) is 0 Å². The van der Waals surface area contributed by atoms with Gasteiger partial charge in [-0.2, -0.15) is 0 Å². The fourth-order valence-corrected chi connectivity index (χ4v) is 2.19. The van der Waals surface area contributed by atoms with Crippen molar-refractivity contribution in [3.63, 3.8) is 0 Å². The Labute approximate surface area is 134 Å². The minimum absolute atomic E-state index is 0.116. The van der Waals surface area contributed by atoms with Gasteiger partial charge in [-0.05, 0) is 41.8 Å². The molecule has 0 radical (unpaired) electrons. The SMILES string of the molecule is COc1ccc(C(C)C)cc1C(=O)Nc1cccc(C(=O)O)c1. The van der Waals surface area contributed by atoms with Crippen molar-refractivity contribution in [2.75, 3.05) is 12.4 Å². The second kappa shape index (κ2) is 6.96. The summed E-state index contributed by atoms with van der Waals surface area (Å²) in [6.07, 6.45) is 0. The lowest BCUT2D eigenvalue weighted by atomic mass is 10.00. The van der Waals surface area contributed by atoms with Gasteiger partial charge in [-0.25, -0.2) is 4.79 Å². The van der Waals surface area contributed by atoms with E-state index >= 15 is 0 Å². The van der Waals surface area contributed by atoms with E-state index in [2.05, 4.69) is 5.32 Å². The van der Waals surface area contributed by atoms with E-state index in [0.29, 0.717) is 17.0 Å². The van der Waals surface area contributed by atoms with Gasteiger partial charge in [-0.3, -0.25) is 4.79 Å². The highest BCUT2D eigenvalue weighted by molar-refractivity contribution is 6.06. The van der Waals surface area contributed by atoms with Gasteiger partial charge in [0.1, 0.15) is 5.75 Å². The van der Waals surface area contributed by atoms with Gasteiger partial charge in [-0.1, -0.05) is 26.0 Å². The quantitative estimate of drug-likeness (QED) is 0.881. The van der Waals surface area contributed by atoms with E-state index in [-0.39, 0.29) is 17.4 Å². The highest BCUT2D eigenvalue weighted by Gasteiger charge is 2.15. The van der Waals surface area contributed by atoms with Crippen molar-refractivity contribution >= 4 is 17.6 Å². The van der Waals surface area contributed by atoms with E-state index < -0.39 is 5.97 Å². The van der Waals surface area contributed by atoms with Gasteiger partial charge in [0.15, 0.2) is 0 Å². The summed E-state index contributed by atoms with van der Waals surface area (Å²) in [5.41, 5.74) is 1.98. The number of anilines is 1. The molecule has 120 valence electrons. The molecule has 0 atom stereocenters. The van der Waals surface area contributed by atoms with Crippen molar-refractivity contribution in [3.05, 3.63) is 59.2 Å². The summed E-state index contributed by atoms with van der Waals surface area (Å²) < 4.78 is 5.25. The molecule has 0 unspecified atom stereocenters. The number of carboxylic acids is 1. The first kappa shape index (κ1) is 16.5. The van der Waals surface area contributed by atoms with Crippen LogP contribution in [0.15, 0.2) is 42.5 Å². The molecule has 0 aliphatic rings. The molecule has 1 amide bonds. The summed E-state index contributed by atoms with van der Waals surface area (Å²) in [7, 11) is 1.51. The Kier molecular flexibility index (Phi) is 5.01. The standard InChI is InChI=1S/C18H19NO4/c1-11(2)12-7-8-16(23-3)15(10-12)17(20)19-14-6-4-5-13(9-14)18(21)22/h4-11H,1-3H3,(H,19,20)(H,21,22). The molecule has 0 fully saturated rings. The lowest BCUT2D eigenvalue weighted by Gasteiger charge is -2.13. The van der Waals surface area contributed by atoms with E-state index in [4.69, 9.17) is 9.84 Å². The van der Waals surface area contributed by atoms with Crippen molar-refractivity contribution in [3.8, 4) is 5.75 Å². The zero-order valence-electron chi connectivity index (χ0n) is 13.3. The monoisotopic (exact) mass is 313 g/mol. The molecule has 5 nitrogen and oxygen atoms in total. The second-order valence-corrected chi connectivity index (χ2v) is 5.45. The molecule has 23 heavy (non-hydrogen) atoms. The number of benzene rings is 2. The predicted molar refractivity (Wildman–Crippen MR) is 88.4 cm³/mol. The minimum atomic E-state index is -1.04. The van der Waals surface area contributed by atoms with E-state index in [1.165, 1.54) is 19.2 Å². The summed E-state index contributed by atoms with van der Waals surface area (Å²) in [6, 6.07) is 11.6. The van der Waals surface area contributed by atoms with E-state index in [1.54, 1.807) is 24.3 Å². The molecule has 0 heterocycles. The molecule has 0 saturated heterocycles. The fourth-order valence-electron chi connectivity index (χ4n) is 2.19.